The zero-order valence-corrected chi connectivity index (χ0v) is 13.1. The van der Waals surface area contributed by atoms with Gasteiger partial charge in [-0.25, -0.2) is 4.98 Å². The van der Waals surface area contributed by atoms with Crippen LogP contribution >= 0.6 is 22.7 Å². The summed E-state index contributed by atoms with van der Waals surface area (Å²) < 4.78 is 5.68. The maximum Gasteiger partial charge on any atom is 0.261 e. The van der Waals surface area contributed by atoms with Gasteiger partial charge in [-0.2, -0.15) is 0 Å². The zero-order valence-electron chi connectivity index (χ0n) is 11.5. The minimum absolute atomic E-state index is 0.0374. The van der Waals surface area contributed by atoms with E-state index in [1.54, 1.807) is 11.3 Å². The molecular weight excluding hydrogens is 304 g/mol. The van der Waals surface area contributed by atoms with Crippen LogP contribution in [0.25, 0.3) is 10.8 Å². The summed E-state index contributed by atoms with van der Waals surface area (Å²) in [5, 5.41) is 6.79. The fourth-order valence-electron chi connectivity index (χ4n) is 1.95. The molecule has 6 heteroatoms. The van der Waals surface area contributed by atoms with Crippen LogP contribution in [0.5, 0.6) is 0 Å². The largest absolute Gasteiger partial charge is 0.440 e. The molecule has 1 N–H and O–H groups in total. The maximum absolute atomic E-state index is 11.8. The Morgan fingerprint density at radius 1 is 1.29 bits per heavy atom. The van der Waals surface area contributed by atoms with Crippen molar-refractivity contribution in [2.75, 3.05) is 6.54 Å². The molecule has 0 bridgehead atoms. The normalized spacial score (nSPS) is 10.7. The molecule has 3 aromatic heterocycles. The molecule has 0 saturated carbocycles. The Morgan fingerprint density at radius 3 is 2.81 bits per heavy atom. The first kappa shape index (κ1) is 14.0. The maximum atomic E-state index is 11.8. The summed E-state index contributed by atoms with van der Waals surface area (Å²) in [5.41, 5.74) is 0.893. The first-order chi connectivity index (χ1) is 10.2. The molecular formula is C15H14N2O2S2. The van der Waals surface area contributed by atoms with Gasteiger partial charge in [-0.1, -0.05) is 12.1 Å². The van der Waals surface area contributed by atoms with Crippen molar-refractivity contribution >= 4 is 28.6 Å². The molecule has 0 aliphatic heterocycles. The first-order valence-corrected chi connectivity index (χ1v) is 8.32. The second-order valence-electron chi connectivity index (χ2n) is 4.48. The standard InChI is InChI=1S/C15H14N2O2S2/c1-10-11(17-15(19-10)13-5-3-9-21-13)6-7-16-14(18)12-4-2-8-20-12/h2-5,8-9H,6-7H2,1H3,(H,16,18). The highest BCUT2D eigenvalue weighted by molar-refractivity contribution is 7.13. The quantitative estimate of drug-likeness (QED) is 0.779. The number of nitrogens with one attached hydrogen (secondary N) is 1. The Morgan fingerprint density at radius 2 is 2.10 bits per heavy atom. The molecule has 0 aromatic carbocycles. The molecule has 0 spiro atoms. The molecule has 0 atom stereocenters. The van der Waals surface area contributed by atoms with Crippen molar-refractivity contribution in [1.82, 2.24) is 10.3 Å². The van der Waals surface area contributed by atoms with Crippen molar-refractivity contribution in [3.05, 3.63) is 51.4 Å². The van der Waals surface area contributed by atoms with Gasteiger partial charge in [0, 0.05) is 13.0 Å². The number of hydrogen-bond acceptors (Lipinski definition) is 5. The molecule has 1 amide bonds. The number of aromatic nitrogens is 1. The molecule has 108 valence electrons. The van der Waals surface area contributed by atoms with Crippen LogP contribution in [0.2, 0.25) is 0 Å². The van der Waals surface area contributed by atoms with Crippen LogP contribution in [0.3, 0.4) is 0 Å². The van der Waals surface area contributed by atoms with E-state index in [-0.39, 0.29) is 5.91 Å². The second kappa shape index (κ2) is 6.24. The third-order valence-corrected chi connectivity index (χ3v) is 4.74. The van der Waals surface area contributed by atoms with Crippen LogP contribution < -0.4 is 5.32 Å². The minimum atomic E-state index is -0.0374. The molecule has 0 fully saturated rings. The molecule has 0 radical (unpaired) electrons. The lowest BCUT2D eigenvalue weighted by atomic mass is 10.2. The Hall–Kier alpha value is -1.92. The topological polar surface area (TPSA) is 55.1 Å². The third-order valence-electron chi connectivity index (χ3n) is 3.02. The van der Waals surface area contributed by atoms with Gasteiger partial charge < -0.3 is 9.73 Å². The van der Waals surface area contributed by atoms with E-state index in [4.69, 9.17) is 4.42 Å². The Labute approximate surface area is 130 Å². The summed E-state index contributed by atoms with van der Waals surface area (Å²) in [6, 6.07) is 7.64. The average molecular weight is 318 g/mol. The number of carbonyl (C=O) groups excluding carboxylic acids is 1. The SMILES string of the molecule is Cc1oc(-c2cccs2)nc1CCNC(=O)c1cccs1. The Kier molecular flexibility index (Phi) is 4.17. The lowest BCUT2D eigenvalue weighted by molar-refractivity contribution is 0.0958. The van der Waals surface area contributed by atoms with E-state index in [9.17, 15) is 4.79 Å². The lowest BCUT2D eigenvalue weighted by Crippen LogP contribution is -2.25. The van der Waals surface area contributed by atoms with Crippen molar-refractivity contribution in [2.24, 2.45) is 0 Å². The van der Waals surface area contributed by atoms with Gasteiger partial charge >= 0.3 is 0 Å². The average Bonchev–Trinajstić information content (AvgIpc) is 3.20. The van der Waals surface area contributed by atoms with E-state index >= 15 is 0 Å². The van der Waals surface area contributed by atoms with Crippen molar-refractivity contribution < 1.29 is 9.21 Å². The summed E-state index contributed by atoms with van der Waals surface area (Å²) in [5.74, 6) is 1.43. The van der Waals surface area contributed by atoms with Crippen LogP contribution in [-0.2, 0) is 6.42 Å². The molecule has 4 nitrogen and oxygen atoms in total. The van der Waals surface area contributed by atoms with Crippen molar-refractivity contribution in [1.29, 1.82) is 0 Å². The van der Waals surface area contributed by atoms with Crippen molar-refractivity contribution in [2.45, 2.75) is 13.3 Å². The minimum Gasteiger partial charge on any atom is -0.440 e. The number of amides is 1. The first-order valence-electron chi connectivity index (χ1n) is 6.56. The highest BCUT2D eigenvalue weighted by atomic mass is 32.1. The van der Waals surface area contributed by atoms with Crippen LogP contribution in [0.4, 0.5) is 0 Å². The fourth-order valence-corrected chi connectivity index (χ4v) is 3.24. The number of rotatable bonds is 5. The van der Waals surface area contributed by atoms with Gasteiger partial charge in [0.1, 0.15) is 5.76 Å². The van der Waals surface area contributed by atoms with E-state index < -0.39 is 0 Å². The predicted octanol–water partition coefficient (Wildman–Crippen LogP) is 3.75. The zero-order chi connectivity index (χ0) is 14.7. The summed E-state index contributed by atoms with van der Waals surface area (Å²) >= 11 is 3.04. The molecule has 3 aromatic rings. The van der Waals surface area contributed by atoms with Crippen LogP contribution in [0.1, 0.15) is 21.1 Å². The summed E-state index contributed by atoms with van der Waals surface area (Å²) in [6.45, 7) is 2.45. The van der Waals surface area contributed by atoms with E-state index in [2.05, 4.69) is 10.3 Å². The van der Waals surface area contributed by atoms with E-state index in [0.29, 0.717) is 18.9 Å². The highest BCUT2D eigenvalue weighted by Gasteiger charge is 2.12. The van der Waals surface area contributed by atoms with Gasteiger partial charge in [0.25, 0.3) is 5.91 Å². The van der Waals surface area contributed by atoms with E-state index in [1.807, 2.05) is 41.9 Å². The predicted molar refractivity (Wildman–Crippen MR) is 84.9 cm³/mol. The Bertz CT molecular complexity index is 715. The van der Waals surface area contributed by atoms with E-state index in [0.717, 1.165) is 21.2 Å². The summed E-state index contributed by atoms with van der Waals surface area (Å²) in [6.07, 6.45) is 0.665. The van der Waals surface area contributed by atoms with Crippen LogP contribution in [0, 0.1) is 6.92 Å². The number of carbonyl (C=O) groups is 1. The second-order valence-corrected chi connectivity index (χ2v) is 6.38. The van der Waals surface area contributed by atoms with Gasteiger partial charge in [-0.05, 0) is 29.8 Å². The third kappa shape index (κ3) is 3.22. The molecule has 3 heterocycles. The van der Waals surface area contributed by atoms with Crippen molar-refractivity contribution in [3.8, 4) is 10.8 Å². The fraction of sp³-hybridized carbons (Fsp3) is 0.200. The highest BCUT2D eigenvalue weighted by Crippen LogP contribution is 2.25. The van der Waals surface area contributed by atoms with Gasteiger partial charge in [-0.3, -0.25) is 4.79 Å². The molecule has 21 heavy (non-hydrogen) atoms. The summed E-state index contributed by atoms with van der Waals surface area (Å²) in [4.78, 5) is 18.1. The van der Waals surface area contributed by atoms with Gasteiger partial charge in [-0.15, -0.1) is 22.7 Å². The van der Waals surface area contributed by atoms with Gasteiger partial charge in [0.05, 0.1) is 15.4 Å². The number of nitrogens with zero attached hydrogens (tertiary/aromatic N) is 1. The Balaban J connectivity index is 1.60. The number of thiophene rings is 2. The lowest BCUT2D eigenvalue weighted by Gasteiger charge is -2.01. The molecule has 0 aliphatic carbocycles. The van der Waals surface area contributed by atoms with Crippen molar-refractivity contribution in [3.63, 3.8) is 0 Å². The monoisotopic (exact) mass is 318 g/mol. The number of hydrogen-bond donors (Lipinski definition) is 1. The molecule has 0 unspecified atom stereocenters. The van der Waals surface area contributed by atoms with Gasteiger partial charge in [0.2, 0.25) is 5.89 Å². The van der Waals surface area contributed by atoms with Crippen LogP contribution in [-0.4, -0.2) is 17.4 Å². The molecule has 3 rings (SSSR count). The number of aryl methyl sites for hydroxylation is 1. The smallest absolute Gasteiger partial charge is 0.261 e. The van der Waals surface area contributed by atoms with Crippen LogP contribution in [0.15, 0.2) is 39.4 Å². The van der Waals surface area contributed by atoms with E-state index in [1.165, 1.54) is 11.3 Å². The molecule has 0 saturated heterocycles. The number of oxazole rings is 1. The van der Waals surface area contributed by atoms with Gasteiger partial charge in [0.15, 0.2) is 0 Å². The summed E-state index contributed by atoms with van der Waals surface area (Å²) in [7, 11) is 0. The molecule has 0 aliphatic rings.